The van der Waals surface area contributed by atoms with Crippen molar-refractivity contribution in [2.45, 2.75) is 0 Å². The fraction of sp³-hybridized carbons (Fsp3) is 0.0588. The molecule has 0 saturated carbocycles. The van der Waals surface area contributed by atoms with Crippen LogP contribution in [0.25, 0.3) is 0 Å². The number of nitrogens with one attached hydrogen (secondary N) is 1. The highest BCUT2D eigenvalue weighted by atomic mass is 35.5. The fourth-order valence-corrected chi connectivity index (χ4v) is 1.86. The average Bonchev–Trinajstić information content (AvgIpc) is 2.52. The Balaban J connectivity index is 0.00000220. The summed E-state index contributed by atoms with van der Waals surface area (Å²) in [7, 11) is 0. The Bertz CT molecular complexity index is 638. The van der Waals surface area contributed by atoms with Gasteiger partial charge in [0.2, 0.25) is 11.6 Å². The number of hydrogen-bond acceptors (Lipinski definition) is 3. The molecule has 0 aliphatic carbocycles. The van der Waals surface area contributed by atoms with Crippen molar-refractivity contribution in [3.8, 4) is 0 Å². The average molecular weight is 302 g/mol. The molecule has 0 heterocycles. The molecular formula is C17H16ClNO2. The maximum atomic E-state index is 12.3. The number of carbonyl (C=O) groups is 2. The van der Waals surface area contributed by atoms with Crippen molar-refractivity contribution in [3.05, 3.63) is 78.4 Å². The van der Waals surface area contributed by atoms with Gasteiger partial charge in [-0.05, 0) is 12.1 Å². The van der Waals surface area contributed by atoms with Crippen LogP contribution >= 0.6 is 12.4 Å². The summed E-state index contributed by atoms with van der Waals surface area (Å²) >= 11 is 0. The van der Waals surface area contributed by atoms with Crippen LogP contribution in [0.5, 0.6) is 0 Å². The summed E-state index contributed by atoms with van der Waals surface area (Å²) in [4.78, 5) is 24.5. The smallest absolute Gasteiger partial charge is 0.235 e. The number of halogens is 1. The molecule has 2 rings (SSSR count). The fourth-order valence-electron chi connectivity index (χ4n) is 1.86. The molecule has 0 aliphatic rings. The second-order valence-electron chi connectivity index (χ2n) is 4.24. The number of anilines is 1. The van der Waals surface area contributed by atoms with E-state index in [0.717, 1.165) is 0 Å². The third kappa shape index (κ3) is 4.04. The summed E-state index contributed by atoms with van der Waals surface area (Å²) in [5.74, 6) is -1.01. The second-order valence-corrected chi connectivity index (χ2v) is 4.24. The van der Waals surface area contributed by atoms with E-state index in [9.17, 15) is 9.59 Å². The Kier molecular flexibility index (Phi) is 6.37. The van der Waals surface area contributed by atoms with Gasteiger partial charge in [-0.2, -0.15) is 0 Å². The van der Waals surface area contributed by atoms with E-state index >= 15 is 0 Å². The first-order chi connectivity index (χ1) is 9.74. The second kappa shape index (κ2) is 8.02. The molecule has 0 aliphatic heterocycles. The van der Waals surface area contributed by atoms with Crippen molar-refractivity contribution in [1.82, 2.24) is 0 Å². The van der Waals surface area contributed by atoms with E-state index < -0.39 is 11.6 Å². The van der Waals surface area contributed by atoms with E-state index in [1.807, 2.05) is 6.07 Å². The van der Waals surface area contributed by atoms with Crippen molar-refractivity contribution in [2.75, 3.05) is 11.9 Å². The summed E-state index contributed by atoms with van der Waals surface area (Å²) < 4.78 is 0. The molecule has 0 aromatic heterocycles. The van der Waals surface area contributed by atoms with Crippen LogP contribution in [0.15, 0.2) is 67.3 Å². The van der Waals surface area contributed by atoms with E-state index in [-0.39, 0.29) is 12.4 Å². The van der Waals surface area contributed by atoms with E-state index in [0.29, 0.717) is 23.4 Å². The van der Waals surface area contributed by atoms with E-state index in [4.69, 9.17) is 0 Å². The molecule has 0 unspecified atom stereocenters. The summed E-state index contributed by atoms with van der Waals surface area (Å²) in [5.41, 5.74) is 1.42. The zero-order valence-corrected chi connectivity index (χ0v) is 12.2. The normalized spacial score (nSPS) is 9.33. The number of hydrogen-bond donors (Lipinski definition) is 1. The lowest BCUT2D eigenvalue weighted by molar-refractivity contribution is 0.0817. The Morgan fingerprint density at radius 1 is 0.952 bits per heavy atom. The van der Waals surface area contributed by atoms with Crippen molar-refractivity contribution < 1.29 is 9.59 Å². The monoisotopic (exact) mass is 301 g/mol. The lowest BCUT2D eigenvalue weighted by atomic mass is 10.00. The minimum atomic E-state index is -0.511. The summed E-state index contributed by atoms with van der Waals surface area (Å²) in [5, 5.41) is 3.06. The molecule has 21 heavy (non-hydrogen) atoms. The van der Waals surface area contributed by atoms with Crippen molar-refractivity contribution >= 4 is 29.7 Å². The van der Waals surface area contributed by atoms with E-state index in [1.54, 1.807) is 54.6 Å². The summed E-state index contributed by atoms with van der Waals surface area (Å²) in [6.07, 6.45) is 1.69. The number of Topliss-reactive ketones (excluding diaryl/α,β-unsaturated/α-hetero) is 2. The van der Waals surface area contributed by atoms with Gasteiger partial charge >= 0.3 is 0 Å². The first-order valence-electron chi connectivity index (χ1n) is 6.32. The predicted octanol–water partition coefficient (Wildman–Crippen LogP) is 3.77. The predicted molar refractivity (Wildman–Crippen MR) is 87.5 cm³/mol. The van der Waals surface area contributed by atoms with Gasteiger partial charge in [0.05, 0.1) is 0 Å². The molecule has 2 aromatic carbocycles. The molecule has 0 fully saturated rings. The topological polar surface area (TPSA) is 46.2 Å². The minimum absolute atomic E-state index is 0. The number of carbonyl (C=O) groups excluding carboxylic acids is 2. The quantitative estimate of drug-likeness (QED) is 0.502. The van der Waals surface area contributed by atoms with E-state index in [1.165, 1.54) is 0 Å². The number of para-hydroxylation sites is 1. The lowest BCUT2D eigenvalue weighted by Gasteiger charge is -2.09. The summed E-state index contributed by atoms with van der Waals surface area (Å²) in [6.45, 7) is 4.15. The molecule has 4 heteroatoms. The Hall–Kier alpha value is -2.39. The molecule has 0 bridgehead atoms. The van der Waals surface area contributed by atoms with Crippen molar-refractivity contribution in [3.63, 3.8) is 0 Å². The van der Waals surface area contributed by atoms with Gasteiger partial charge in [0.1, 0.15) is 0 Å². The first-order valence-corrected chi connectivity index (χ1v) is 6.32. The van der Waals surface area contributed by atoms with Crippen LogP contribution in [-0.2, 0) is 0 Å². The zero-order chi connectivity index (χ0) is 14.4. The van der Waals surface area contributed by atoms with Crippen LogP contribution in [0.3, 0.4) is 0 Å². The Morgan fingerprint density at radius 2 is 1.57 bits per heavy atom. The molecule has 1 N–H and O–H groups in total. The van der Waals surface area contributed by atoms with Gasteiger partial charge in [0.15, 0.2) is 0 Å². The highest BCUT2D eigenvalue weighted by Gasteiger charge is 2.20. The molecule has 0 radical (unpaired) electrons. The third-order valence-electron chi connectivity index (χ3n) is 2.85. The molecule has 0 atom stereocenters. The van der Waals surface area contributed by atoms with Crippen LogP contribution in [0.4, 0.5) is 5.69 Å². The SMILES string of the molecule is C=CCNc1ccccc1C(=O)C(=O)c1ccccc1.Cl. The Morgan fingerprint density at radius 3 is 2.24 bits per heavy atom. The van der Waals surface area contributed by atoms with Crippen LogP contribution < -0.4 is 5.32 Å². The summed E-state index contributed by atoms with van der Waals surface area (Å²) in [6, 6.07) is 15.5. The molecular weight excluding hydrogens is 286 g/mol. The zero-order valence-electron chi connectivity index (χ0n) is 11.4. The van der Waals surface area contributed by atoms with Gasteiger partial charge in [0.25, 0.3) is 0 Å². The number of ketones is 2. The van der Waals surface area contributed by atoms with Gasteiger partial charge in [0, 0.05) is 23.4 Å². The lowest BCUT2D eigenvalue weighted by Crippen LogP contribution is -2.16. The standard InChI is InChI=1S/C17H15NO2.ClH/c1-2-12-18-15-11-7-6-10-14(15)17(20)16(19)13-8-4-3-5-9-13;/h2-11,18H,1,12H2;1H. The van der Waals surface area contributed by atoms with Crippen molar-refractivity contribution in [1.29, 1.82) is 0 Å². The molecule has 0 spiro atoms. The van der Waals surface area contributed by atoms with Crippen LogP contribution in [-0.4, -0.2) is 18.1 Å². The highest BCUT2D eigenvalue weighted by molar-refractivity contribution is 6.50. The molecule has 108 valence electrons. The largest absolute Gasteiger partial charge is 0.381 e. The minimum Gasteiger partial charge on any atom is -0.381 e. The maximum absolute atomic E-state index is 12.3. The van der Waals surface area contributed by atoms with Crippen LogP contribution in [0.2, 0.25) is 0 Å². The van der Waals surface area contributed by atoms with Crippen molar-refractivity contribution in [2.24, 2.45) is 0 Å². The highest BCUT2D eigenvalue weighted by Crippen LogP contribution is 2.17. The van der Waals surface area contributed by atoms with Gasteiger partial charge in [-0.3, -0.25) is 9.59 Å². The van der Waals surface area contributed by atoms with Gasteiger partial charge in [-0.1, -0.05) is 48.5 Å². The molecule has 0 amide bonds. The van der Waals surface area contributed by atoms with Gasteiger partial charge < -0.3 is 5.32 Å². The molecule has 3 nitrogen and oxygen atoms in total. The maximum Gasteiger partial charge on any atom is 0.235 e. The van der Waals surface area contributed by atoms with E-state index in [2.05, 4.69) is 11.9 Å². The van der Waals surface area contributed by atoms with Gasteiger partial charge in [-0.15, -0.1) is 19.0 Å². The molecule has 2 aromatic rings. The first kappa shape index (κ1) is 16.7. The van der Waals surface area contributed by atoms with Crippen LogP contribution in [0.1, 0.15) is 20.7 Å². The third-order valence-corrected chi connectivity index (χ3v) is 2.85. The van der Waals surface area contributed by atoms with Gasteiger partial charge in [-0.25, -0.2) is 0 Å². The number of benzene rings is 2. The molecule has 0 saturated heterocycles. The van der Waals surface area contributed by atoms with Crippen LogP contribution in [0, 0.1) is 0 Å². The number of rotatable bonds is 6. The Labute approximate surface area is 130 Å².